The Morgan fingerprint density at radius 3 is 2.30 bits per heavy atom. The number of hydrogen-bond acceptors (Lipinski definition) is 5. The molecule has 1 N–H and O–H groups in total. The second-order valence-electron chi connectivity index (χ2n) is 5.67. The van der Waals surface area contributed by atoms with Crippen molar-refractivity contribution in [1.82, 2.24) is 5.32 Å². The van der Waals surface area contributed by atoms with E-state index in [-0.39, 0.29) is 12.5 Å². The van der Waals surface area contributed by atoms with E-state index in [0.29, 0.717) is 18.0 Å². The van der Waals surface area contributed by atoms with Crippen LogP contribution < -0.4 is 14.8 Å². The first-order chi connectivity index (χ1) is 13.1. The van der Waals surface area contributed by atoms with Crippen molar-refractivity contribution in [3.8, 4) is 11.5 Å². The SMILES string of the molecule is COc1cc(/C=C/C(=O)OCC(=O)NCCc2ccccc2)cc(OC)c1. The fraction of sp³-hybridized carbons (Fsp3) is 0.238. The number of esters is 1. The third kappa shape index (κ3) is 7.23. The van der Waals surface area contributed by atoms with Gasteiger partial charge in [-0.1, -0.05) is 30.3 Å². The minimum atomic E-state index is -0.602. The zero-order chi connectivity index (χ0) is 19.5. The van der Waals surface area contributed by atoms with Crippen LogP contribution in [-0.4, -0.2) is 39.2 Å². The molecule has 2 rings (SSSR count). The summed E-state index contributed by atoms with van der Waals surface area (Å²) < 4.78 is 15.3. The van der Waals surface area contributed by atoms with Crippen molar-refractivity contribution in [1.29, 1.82) is 0 Å². The molecule has 0 aliphatic heterocycles. The quantitative estimate of drug-likeness (QED) is 0.543. The highest BCUT2D eigenvalue weighted by atomic mass is 16.5. The number of carbonyl (C=O) groups excluding carboxylic acids is 2. The van der Waals surface area contributed by atoms with E-state index in [0.717, 1.165) is 17.5 Å². The predicted molar refractivity (Wildman–Crippen MR) is 103 cm³/mol. The predicted octanol–water partition coefficient (Wildman–Crippen LogP) is 2.62. The minimum absolute atomic E-state index is 0.320. The molecule has 0 aromatic heterocycles. The van der Waals surface area contributed by atoms with Gasteiger partial charge >= 0.3 is 5.97 Å². The molecule has 0 saturated heterocycles. The first-order valence-corrected chi connectivity index (χ1v) is 8.49. The molecule has 6 nitrogen and oxygen atoms in total. The normalized spacial score (nSPS) is 10.4. The highest BCUT2D eigenvalue weighted by Crippen LogP contribution is 2.23. The summed E-state index contributed by atoms with van der Waals surface area (Å²) in [6.07, 6.45) is 3.55. The number of methoxy groups -OCH3 is 2. The van der Waals surface area contributed by atoms with Gasteiger partial charge < -0.3 is 19.5 Å². The van der Waals surface area contributed by atoms with Crippen LogP contribution in [0.4, 0.5) is 0 Å². The molecule has 0 aliphatic rings. The van der Waals surface area contributed by atoms with Crippen molar-refractivity contribution in [2.75, 3.05) is 27.4 Å². The summed E-state index contributed by atoms with van der Waals surface area (Å²) in [6, 6.07) is 15.1. The van der Waals surface area contributed by atoms with Crippen LogP contribution in [0.25, 0.3) is 6.08 Å². The van der Waals surface area contributed by atoms with Gasteiger partial charge in [-0.25, -0.2) is 4.79 Å². The first kappa shape index (κ1) is 20.0. The average molecular weight is 369 g/mol. The fourth-order valence-corrected chi connectivity index (χ4v) is 2.32. The van der Waals surface area contributed by atoms with E-state index in [2.05, 4.69) is 5.32 Å². The first-order valence-electron chi connectivity index (χ1n) is 8.49. The van der Waals surface area contributed by atoms with Crippen molar-refractivity contribution < 1.29 is 23.8 Å². The van der Waals surface area contributed by atoms with Gasteiger partial charge in [0.05, 0.1) is 14.2 Å². The summed E-state index contributed by atoms with van der Waals surface area (Å²) in [5.74, 6) is 0.283. The molecule has 6 heteroatoms. The molecule has 1 amide bonds. The van der Waals surface area contributed by atoms with Crippen LogP contribution in [0.15, 0.2) is 54.6 Å². The molecule has 0 bridgehead atoms. The van der Waals surface area contributed by atoms with Gasteiger partial charge in [-0.15, -0.1) is 0 Å². The standard InChI is InChI=1S/C21H23NO5/c1-25-18-12-17(13-19(14-18)26-2)8-9-21(24)27-15-20(23)22-11-10-16-6-4-3-5-7-16/h3-9,12-14H,10-11,15H2,1-2H3,(H,22,23)/b9-8+. The molecule has 0 saturated carbocycles. The molecular formula is C21H23NO5. The molecule has 27 heavy (non-hydrogen) atoms. The summed E-state index contributed by atoms with van der Waals surface area (Å²) in [5, 5.41) is 2.72. The maximum atomic E-state index is 11.8. The van der Waals surface area contributed by atoms with E-state index in [4.69, 9.17) is 14.2 Å². The van der Waals surface area contributed by atoms with Crippen LogP contribution in [0, 0.1) is 0 Å². The van der Waals surface area contributed by atoms with Gasteiger partial charge in [-0.2, -0.15) is 0 Å². The highest BCUT2D eigenvalue weighted by molar-refractivity contribution is 5.89. The Morgan fingerprint density at radius 2 is 1.67 bits per heavy atom. The van der Waals surface area contributed by atoms with Gasteiger partial charge in [0.15, 0.2) is 6.61 Å². The topological polar surface area (TPSA) is 73.9 Å². The number of ether oxygens (including phenoxy) is 3. The Hall–Kier alpha value is -3.28. The molecular weight excluding hydrogens is 346 g/mol. The Balaban J connectivity index is 1.75. The second kappa shape index (κ2) is 10.7. The van der Waals surface area contributed by atoms with Gasteiger partial charge in [0.2, 0.25) is 0 Å². The van der Waals surface area contributed by atoms with E-state index in [1.165, 1.54) is 6.08 Å². The van der Waals surface area contributed by atoms with Crippen molar-refractivity contribution >= 4 is 18.0 Å². The average Bonchev–Trinajstić information content (AvgIpc) is 2.71. The zero-order valence-corrected chi connectivity index (χ0v) is 15.4. The second-order valence-corrected chi connectivity index (χ2v) is 5.67. The Morgan fingerprint density at radius 1 is 1.00 bits per heavy atom. The number of rotatable bonds is 9. The lowest BCUT2D eigenvalue weighted by molar-refractivity contribution is -0.143. The molecule has 0 atom stereocenters. The molecule has 0 heterocycles. The van der Waals surface area contributed by atoms with Crippen molar-refractivity contribution in [2.45, 2.75) is 6.42 Å². The summed E-state index contributed by atoms with van der Waals surface area (Å²) in [7, 11) is 3.10. The lowest BCUT2D eigenvalue weighted by atomic mass is 10.1. The minimum Gasteiger partial charge on any atom is -0.497 e. The van der Waals surface area contributed by atoms with Crippen LogP contribution in [0.5, 0.6) is 11.5 Å². The Bertz CT molecular complexity index is 764. The summed E-state index contributed by atoms with van der Waals surface area (Å²) in [5.41, 5.74) is 1.85. The monoisotopic (exact) mass is 369 g/mol. The van der Waals surface area contributed by atoms with E-state index in [9.17, 15) is 9.59 Å². The van der Waals surface area contributed by atoms with E-state index >= 15 is 0 Å². The number of nitrogens with one attached hydrogen (secondary N) is 1. The Kier molecular flexibility index (Phi) is 7.91. The van der Waals surface area contributed by atoms with Crippen LogP contribution in [0.1, 0.15) is 11.1 Å². The van der Waals surface area contributed by atoms with Gasteiger partial charge in [0.1, 0.15) is 11.5 Å². The lowest BCUT2D eigenvalue weighted by Crippen LogP contribution is -2.30. The molecule has 2 aromatic rings. The van der Waals surface area contributed by atoms with Gasteiger partial charge in [-0.3, -0.25) is 4.79 Å². The van der Waals surface area contributed by atoms with Crippen LogP contribution >= 0.6 is 0 Å². The van der Waals surface area contributed by atoms with Gasteiger partial charge in [-0.05, 0) is 35.8 Å². The van der Waals surface area contributed by atoms with Crippen LogP contribution in [-0.2, 0) is 20.7 Å². The number of hydrogen-bond donors (Lipinski definition) is 1. The molecule has 2 aromatic carbocycles. The summed E-state index contributed by atoms with van der Waals surface area (Å²) in [6.45, 7) is 0.166. The summed E-state index contributed by atoms with van der Waals surface area (Å²) >= 11 is 0. The third-order valence-electron chi connectivity index (χ3n) is 3.71. The van der Waals surface area contributed by atoms with Crippen LogP contribution in [0.3, 0.4) is 0 Å². The van der Waals surface area contributed by atoms with E-state index in [1.54, 1.807) is 38.5 Å². The van der Waals surface area contributed by atoms with Crippen LogP contribution in [0.2, 0.25) is 0 Å². The molecule has 0 aliphatic carbocycles. The zero-order valence-electron chi connectivity index (χ0n) is 15.4. The molecule has 0 fully saturated rings. The Labute approximate surface area is 158 Å². The van der Waals surface area contributed by atoms with Crippen molar-refractivity contribution in [3.05, 3.63) is 65.7 Å². The molecule has 0 spiro atoms. The largest absolute Gasteiger partial charge is 0.497 e. The number of benzene rings is 2. The van der Waals surface area contributed by atoms with Gasteiger partial charge in [0.25, 0.3) is 5.91 Å². The smallest absolute Gasteiger partial charge is 0.331 e. The third-order valence-corrected chi connectivity index (χ3v) is 3.71. The van der Waals surface area contributed by atoms with Gasteiger partial charge in [0, 0.05) is 18.7 Å². The molecule has 0 radical (unpaired) electrons. The fourth-order valence-electron chi connectivity index (χ4n) is 2.32. The van der Waals surface area contributed by atoms with Crippen molar-refractivity contribution in [2.24, 2.45) is 0 Å². The summed E-state index contributed by atoms with van der Waals surface area (Å²) in [4.78, 5) is 23.5. The molecule has 0 unspecified atom stereocenters. The number of amides is 1. The molecule has 142 valence electrons. The van der Waals surface area contributed by atoms with Crippen molar-refractivity contribution in [3.63, 3.8) is 0 Å². The number of carbonyl (C=O) groups is 2. The van der Waals surface area contributed by atoms with E-state index in [1.807, 2.05) is 30.3 Å². The lowest BCUT2D eigenvalue weighted by Gasteiger charge is -2.06. The maximum absolute atomic E-state index is 11.8. The van der Waals surface area contributed by atoms with E-state index < -0.39 is 5.97 Å². The maximum Gasteiger partial charge on any atom is 0.331 e. The highest BCUT2D eigenvalue weighted by Gasteiger charge is 2.05.